The molecule has 1 aromatic rings. The first-order valence-electron chi connectivity index (χ1n) is 5.28. The smallest absolute Gasteiger partial charge is 0.252 e. The Morgan fingerprint density at radius 1 is 1.53 bits per heavy atom. The highest BCUT2D eigenvalue weighted by atomic mass is 35.5. The second kappa shape index (κ2) is 7.13. The topological polar surface area (TPSA) is 82.9 Å². The van der Waals surface area contributed by atoms with Crippen molar-refractivity contribution in [2.45, 2.75) is 24.7 Å². The summed E-state index contributed by atoms with van der Waals surface area (Å²) in [5, 5.41) is 2.70. The number of nitrogens with zero attached hydrogens (tertiary/aromatic N) is 3. The van der Waals surface area contributed by atoms with E-state index in [1.165, 1.54) is 0 Å². The fraction of sp³-hybridized carbons (Fsp3) is 0.273. The Morgan fingerprint density at radius 3 is 2.79 bits per heavy atom. The van der Waals surface area contributed by atoms with Crippen molar-refractivity contribution in [1.82, 2.24) is 0 Å². The van der Waals surface area contributed by atoms with Crippen molar-refractivity contribution in [3.05, 3.63) is 39.0 Å². The number of amides is 1. The molecule has 0 aliphatic rings. The molecule has 0 saturated carbocycles. The third-order valence-electron chi connectivity index (χ3n) is 2.07. The number of carbonyl (C=O) groups is 2. The summed E-state index contributed by atoms with van der Waals surface area (Å²) >= 11 is 6.63. The number of hydrogen-bond donors (Lipinski definition) is 0. The summed E-state index contributed by atoms with van der Waals surface area (Å²) in [6.45, 7) is 1.85. The van der Waals surface area contributed by atoms with Gasteiger partial charge in [-0.3, -0.25) is 9.59 Å². The van der Waals surface area contributed by atoms with Crippen molar-refractivity contribution in [2.24, 2.45) is 5.11 Å². The number of thioether (sulfide) groups is 1. The molecule has 0 aliphatic heterocycles. The summed E-state index contributed by atoms with van der Waals surface area (Å²) in [6, 6.07) is 2.04. The fourth-order valence-electron chi connectivity index (χ4n) is 1.24. The van der Waals surface area contributed by atoms with Crippen LogP contribution in [0.1, 0.15) is 30.1 Å². The largest absolute Gasteiger partial charge is 0.287 e. The first-order valence-corrected chi connectivity index (χ1v) is 6.48. The van der Waals surface area contributed by atoms with E-state index in [1.54, 1.807) is 0 Å². The van der Waals surface area contributed by atoms with Gasteiger partial charge < -0.3 is 0 Å². The van der Waals surface area contributed by atoms with E-state index in [0.717, 1.165) is 23.9 Å². The zero-order valence-corrected chi connectivity index (χ0v) is 11.5. The van der Waals surface area contributed by atoms with Gasteiger partial charge in [0.25, 0.3) is 5.91 Å². The van der Waals surface area contributed by atoms with E-state index < -0.39 is 17.3 Å². The molecule has 0 N–H and O–H groups in total. The van der Waals surface area contributed by atoms with E-state index in [2.05, 4.69) is 10.0 Å². The van der Waals surface area contributed by atoms with E-state index in [9.17, 15) is 14.0 Å². The summed E-state index contributed by atoms with van der Waals surface area (Å²) in [5.41, 5.74) is 7.75. The molecule has 1 rings (SSSR count). The standard InChI is InChI=1S/C11H9ClFN3O2S/c1-2-3-10(17)19-9-4-6(11(18)15-16-14)8(13)5-7(9)12/h4-5H,2-3H2,1H3. The van der Waals surface area contributed by atoms with Crippen molar-refractivity contribution in [3.8, 4) is 0 Å². The highest BCUT2D eigenvalue weighted by molar-refractivity contribution is 8.13. The lowest BCUT2D eigenvalue weighted by Crippen LogP contribution is -2.00. The molecule has 0 unspecified atom stereocenters. The Morgan fingerprint density at radius 2 is 2.21 bits per heavy atom. The second-order valence-electron chi connectivity index (χ2n) is 3.48. The second-order valence-corrected chi connectivity index (χ2v) is 4.99. The average Bonchev–Trinajstić information content (AvgIpc) is 2.33. The molecule has 0 fully saturated rings. The number of benzene rings is 1. The molecule has 100 valence electrons. The molecular weight excluding hydrogens is 293 g/mol. The third kappa shape index (κ3) is 4.24. The van der Waals surface area contributed by atoms with E-state index in [0.29, 0.717) is 12.8 Å². The fourth-order valence-corrected chi connectivity index (χ4v) is 2.39. The highest BCUT2D eigenvalue weighted by Crippen LogP contribution is 2.31. The Bertz CT molecular complexity index is 573. The Hall–Kier alpha value is -1.56. The van der Waals surface area contributed by atoms with Crippen molar-refractivity contribution in [3.63, 3.8) is 0 Å². The SMILES string of the molecule is CCCC(=O)Sc1cc(C(=O)N=[N+]=[N-])c(F)cc1Cl. The van der Waals surface area contributed by atoms with Crippen LogP contribution in [-0.2, 0) is 4.79 Å². The van der Waals surface area contributed by atoms with E-state index in [4.69, 9.17) is 17.1 Å². The molecule has 0 atom stereocenters. The maximum absolute atomic E-state index is 13.5. The maximum atomic E-state index is 13.5. The molecule has 1 amide bonds. The molecule has 0 bridgehead atoms. The van der Waals surface area contributed by atoms with Crippen LogP contribution < -0.4 is 0 Å². The first kappa shape index (κ1) is 15.5. The van der Waals surface area contributed by atoms with Crippen LogP contribution in [0.2, 0.25) is 5.02 Å². The van der Waals surface area contributed by atoms with Crippen LogP contribution in [0.5, 0.6) is 0 Å². The number of hydrogen-bond acceptors (Lipinski definition) is 3. The van der Waals surface area contributed by atoms with Crippen molar-refractivity contribution in [1.29, 1.82) is 0 Å². The van der Waals surface area contributed by atoms with Gasteiger partial charge in [0, 0.05) is 16.2 Å². The first-order chi connectivity index (χ1) is 8.99. The Labute approximate surface area is 117 Å². The predicted molar refractivity (Wildman–Crippen MR) is 70.7 cm³/mol. The van der Waals surface area contributed by atoms with Crippen molar-refractivity contribution < 1.29 is 14.0 Å². The van der Waals surface area contributed by atoms with Gasteiger partial charge in [-0.05, 0) is 29.2 Å². The van der Waals surface area contributed by atoms with Gasteiger partial charge >= 0.3 is 0 Å². The number of rotatable bonds is 4. The molecule has 1 aromatic carbocycles. The highest BCUT2D eigenvalue weighted by Gasteiger charge is 2.16. The van der Waals surface area contributed by atoms with E-state index >= 15 is 0 Å². The van der Waals surface area contributed by atoms with Crippen LogP contribution >= 0.6 is 23.4 Å². The van der Waals surface area contributed by atoms with Gasteiger partial charge in [0.05, 0.1) is 10.6 Å². The minimum absolute atomic E-state index is 0.0319. The van der Waals surface area contributed by atoms with Gasteiger partial charge in [-0.2, -0.15) is 0 Å². The summed E-state index contributed by atoms with van der Waals surface area (Å²) in [5.74, 6) is -1.95. The minimum atomic E-state index is -1.05. The Balaban J connectivity index is 3.12. The zero-order valence-electron chi connectivity index (χ0n) is 9.89. The van der Waals surface area contributed by atoms with Gasteiger partial charge in [0.2, 0.25) is 0 Å². The van der Waals surface area contributed by atoms with E-state index in [-0.39, 0.29) is 15.0 Å². The molecule has 19 heavy (non-hydrogen) atoms. The van der Waals surface area contributed by atoms with Gasteiger partial charge in [-0.1, -0.05) is 30.3 Å². The lowest BCUT2D eigenvalue weighted by molar-refractivity contribution is -0.111. The quantitative estimate of drug-likeness (QED) is 0.359. The van der Waals surface area contributed by atoms with Crippen LogP contribution in [0.3, 0.4) is 0 Å². The average molecular weight is 302 g/mol. The van der Waals surface area contributed by atoms with Crippen molar-refractivity contribution in [2.75, 3.05) is 0 Å². The molecule has 0 aliphatic carbocycles. The molecule has 0 spiro atoms. The lowest BCUT2D eigenvalue weighted by atomic mass is 10.2. The van der Waals surface area contributed by atoms with Crippen molar-refractivity contribution >= 4 is 34.4 Å². The molecule has 5 nitrogen and oxygen atoms in total. The minimum Gasteiger partial charge on any atom is -0.287 e. The van der Waals surface area contributed by atoms with Crippen LogP contribution in [0.15, 0.2) is 22.1 Å². The van der Waals surface area contributed by atoms with Gasteiger partial charge in [-0.15, -0.1) is 0 Å². The normalized spacial score (nSPS) is 9.84. The summed E-state index contributed by atoms with van der Waals surface area (Å²) in [7, 11) is 0. The number of azide groups is 1. The van der Waals surface area contributed by atoms with Crippen LogP contribution in [0, 0.1) is 5.82 Å². The van der Waals surface area contributed by atoms with Gasteiger partial charge in [-0.25, -0.2) is 4.39 Å². The molecular formula is C11H9ClFN3O2S. The molecule has 0 saturated heterocycles. The maximum Gasteiger partial charge on any atom is 0.252 e. The summed E-state index contributed by atoms with van der Waals surface area (Å²) in [4.78, 5) is 25.4. The number of carbonyl (C=O) groups excluding carboxylic acids is 2. The molecule has 0 aromatic heterocycles. The van der Waals surface area contributed by atoms with Crippen LogP contribution in [0.4, 0.5) is 4.39 Å². The molecule has 0 heterocycles. The predicted octanol–water partition coefficient (Wildman–Crippen LogP) is 4.35. The summed E-state index contributed by atoms with van der Waals surface area (Å²) < 4.78 is 13.5. The third-order valence-corrected chi connectivity index (χ3v) is 3.48. The van der Waals surface area contributed by atoms with Crippen LogP contribution in [-0.4, -0.2) is 11.0 Å². The monoisotopic (exact) mass is 301 g/mol. The zero-order chi connectivity index (χ0) is 14.4. The molecule has 0 radical (unpaired) electrons. The van der Waals surface area contributed by atoms with Gasteiger partial charge in [0.15, 0.2) is 5.12 Å². The number of halogens is 2. The van der Waals surface area contributed by atoms with Gasteiger partial charge in [0.1, 0.15) is 5.82 Å². The van der Waals surface area contributed by atoms with Crippen LogP contribution in [0.25, 0.3) is 10.4 Å². The Kier molecular flexibility index (Phi) is 5.82. The van der Waals surface area contributed by atoms with E-state index in [1.807, 2.05) is 6.92 Å². The molecule has 8 heteroatoms. The lowest BCUT2D eigenvalue weighted by Gasteiger charge is -2.06. The summed E-state index contributed by atoms with van der Waals surface area (Å²) in [6.07, 6.45) is 1.02.